The summed E-state index contributed by atoms with van der Waals surface area (Å²) in [5, 5.41) is 17.7. The third-order valence-electron chi connectivity index (χ3n) is 5.52. The molecule has 0 bridgehead atoms. The molecule has 0 spiro atoms. The summed E-state index contributed by atoms with van der Waals surface area (Å²) in [5.74, 6) is 1.29. The number of carbonyl (C=O) groups excluding carboxylic acids is 1. The summed E-state index contributed by atoms with van der Waals surface area (Å²) in [6.07, 6.45) is 2.04. The van der Waals surface area contributed by atoms with E-state index in [1.807, 2.05) is 56.3 Å². The standard InChI is InChI=1S/C27H36ClN3O5/c1-19(2)29-17-22(32)18-36-23-7-4-20(5-8-23)12-15-34-13-3-14-35-26-10-6-21(16-24(26)28)25-9-11-27(33)31-30-25/h4-8,10,16,19,22,29,32H,3,9,11-15,17-18H2,1-2H3,(H,31,33)/t22-/m0/s1. The number of halogens is 1. The van der Waals surface area contributed by atoms with Gasteiger partial charge >= 0.3 is 0 Å². The second-order valence-corrected chi connectivity index (χ2v) is 9.38. The number of hydrazone groups is 1. The minimum atomic E-state index is -0.540. The SMILES string of the molecule is CC(C)NC[C@H](O)COc1ccc(CCOCCCOc2ccc(C3=NNC(=O)CC3)cc2Cl)cc1. The largest absolute Gasteiger partial charge is 0.492 e. The Hall–Kier alpha value is -2.65. The molecule has 1 heterocycles. The first-order chi connectivity index (χ1) is 17.4. The number of hydrogen-bond donors (Lipinski definition) is 3. The number of amides is 1. The zero-order chi connectivity index (χ0) is 25.8. The summed E-state index contributed by atoms with van der Waals surface area (Å²) in [4.78, 5) is 11.2. The lowest BCUT2D eigenvalue weighted by atomic mass is 10.0. The lowest BCUT2D eigenvalue weighted by Gasteiger charge is -2.15. The number of hydrogen-bond acceptors (Lipinski definition) is 7. The van der Waals surface area contributed by atoms with Crippen LogP contribution >= 0.6 is 11.6 Å². The van der Waals surface area contributed by atoms with E-state index in [0.717, 1.165) is 35.4 Å². The molecule has 0 radical (unpaired) electrons. The maximum absolute atomic E-state index is 11.2. The number of carbonyl (C=O) groups is 1. The highest BCUT2D eigenvalue weighted by atomic mass is 35.5. The van der Waals surface area contributed by atoms with Gasteiger partial charge in [-0.3, -0.25) is 4.79 Å². The molecule has 0 aliphatic carbocycles. The van der Waals surface area contributed by atoms with E-state index in [2.05, 4.69) is 15.8 Å². The van der Waals surface area contributed by atoms with Crippen LogP contribution in [0.3, 0.4) is 0 Å². The molecule has 196 valence electrons. The molecule has 1 atom stereocenters. The number of ether oxygens (including phenoxy) is 3. The van der Waals surface area contributed by atoms with Crippen molar-refractivity contribution in [1.82, 2.24) is 10.7 Å². The van der Waals surface area contributed by atoms with Gasteiger partial charge in [0.2, 0.25) is 5.91 Å². The van der Waals surface area contributed by atoms with Gasteiger partial charge in [0.05, 0.1) is 23.9 Å². The van der Waals surface area contributed by atoms with Crippen LogP contribution in [0.5, 0.6) is 11.5 Å². The van der Waals surface area contributed by atoms with Crippen LogP contribution < -0.4 is 20.2 Å². The molecule has 0 saturated heterocycles. The van der Waals surface area contributed by atoms with Gasteiger partial charge < -0.3 is 24.6 Å². The van der Waals surface area contributed by atoms with Crippen LogP contribution in [0.1, 0.15) is 44.2 Å². The molecule has 0 unspecified atom stereocenters. The number of nitrogens with one attached hydrogen (secondary N) is 2. The summed E-state index contributed by atoms with van der Waals surface area (Å²) in [7, 11) is 0. The maximum atomic E-state index is 11.2. The number of rotatable bonds is 15. The molecule has 3 rings (SSSR count). The van der Waals surface area contributed by atoms with Crippen molar-refractivity contribution in [3.8, 4) is 11.5 Å². The maximum Gasteiger partial charge on any atom is 0.240 e. The van der Waals surface area contributed by atoms with E-state index in [1.165, 1.54) is 0 Å². The minimum absolute atomic E-state index is 0.0718. The van der Waals surface area contributed by atoms with E-state index in [9.17, 15) is 9.90 Å². The van der Waals surface area contributed by atoms with E-state index in [1.54, 1.807) is 0 Å². The summed E-state index contributed by atoms with van der Waals surface area (Å²) in [5.41, 5.74) is 5.35. The summed E-state index contributed by atoms with van der Waals surface area (Å²) < 4.78 is 17.2. The number of benzene rings is 2. The highest BCUT2D eigenvalue weighted by Gasteiger charge is 2.14. The topological polar surface area (TPSA) is 101 Å². The molecule has 0 fully saturated rings. The highest BCUT2D eigenvalue weighted by molar-refractivity contribution is 6.32. The van der Waals surface area contributed by atoms with E-state index < -0.39 is 6.10 Å². The first kappa shape index (κ1) is 27.9. The average molecular weight is 518 g/mol. The average Bonchev–Trinajstić information content (AvgIpc) is 2.87. The quantitative estimate of drug-likeness (QED) is 0.311. The first-order valence-electron chi connectivity index (χ1n) is 12.4. The van der Waals surface area contributed by atoms with E-state index in [0.29, 0.717) is 56.0 Å². The molecule has 36 heavy (non-hydrogen) atoms. The zero-order valence-electron chi connectivity index (χ0n) is 21.0. The number of aliphatic hydroxyl groups is 1. The first-order valence-corrected chi connectivity index (χ1v) is 12.8. The van der Waals surface area contributed by atoms with Crippen molar-refractivity contribution in [1.29, 1.82) is 0 Å². The molecule has 0 saturated carbocycles. The van der Waals surface area contributed by atoms with Crippen molar-refractivity contribution in [2.24, 2.45) is 5.10 Å². The van der Waals surface area contributed by atoms with Crippen LogP contribution in [0.15, 0.2) is 47.6 Å². The molecular weight excluding hydrogens is 482 g/mol. The molecule has 9 heteroatoms. The van der Waals surface area contributed by atoms with Crippen molar-refractivity contribution in [2.75, 3.05) is 33.0 Å². The molecule has 2 aromatic rings. The fourth-order valence-corrected chi connectivity index (χ4v) is 3.73. The van der Waals surface area contributed by atoms with Gasteiger partial charge in [0.25, 0.3) is 0 Å². The van der Waals surface area contributed by atoms with Gasteiger partial charge in [-0.1, -0.05) is 37.6 Å². The predicted molar refractivity (Wildman–Crippen MR) is 141 cm³/mol. The van der Waals surface area contributed by atoms with Crippen LogP contribution in [0, 0.1) is 0 Å². The van der Waals surface area contributed by atoms with Crippen molar-refractivity contribution >= 4 is 23.2 Å². The third-order valence-corrected chi connectivity index (χ3v) is 5.82. The smallest absolute Gasteiger partial charge is 0.240 e. The Kier molecular flexibility index (Phi) is 11.5. The molecule has 2 aromatic carbocycles. The Bertz CT molecular complexity index is 997. The van der Waals surface area contributed by atoms with Gasteiger partial charge in [-0.15, -0.1) is 0 Å². The second-order valence-electron chi connectivity index (χ2n) is 8.97. The van der Waals surface area contributed by atoms with Gasteiger partial charge in [-0.2, -0.15) is 5.10 Å². The van der Waals surface area contributed by atoms with Crippen molar-refractivity contribution in [3.05, 3.63) is 58.6 Å². The van der Waals surface area contributed by atoms with Crippen molar-refractivity contribution in [3.63, 3.8) is 0 Å². The Labute approximate surface area is 218 Å². The van der Waals surface area contributed by atoms with Crippen LogP contribution in [-0.4, -0.2) is 61.8 Å². The van der Waals surface area contributed by atoms with Crippen molar-refractivity contribution in [2.45, 2.75) is 51.7 Å². The van der Waals surface area contributed by atoms with E-state index >= 15 is 0 Å². The summed E-state index contributed by atoms with van der Waals surface area (Å²) in [6.45, 7) is 6.56. The van der Waals surface area contributed by atoms with Gasteiger partial charge in [0.15, 0.2) is 0 Å². The fourth-order valence-electron chi connectivity index (χ4n) is 3.49. The Morgan fingerprint density at radius 3 is 2.58 bits per heavy atom. The molecular formula is C27H36ClN3O5. The Balaban J connectivity index is 1.27. The van der Waals surface area contributed by atoms with Crippen LogP contribution in [-0.2, 0) is 16.0 Å². The number of nitrogens with zero attached hydrogens (tertiary/aromatic N) is 1. The normalized spacial score (nSPS) is 14.4. The molecule has 0 aromatic heterocycles. The molecule has 3 N–H and O–H groups in total. The predicted octanol–water partition coefficient (Wildman–Crippen LogP) is 3.72. The van der Waals surface area contributed by atoms with Crippen LogP contribution in [0.4, 0.5) is 0 Å². The van der Waals surface area contributed by atoms with E-state index in [-0.39, 0.29) is 12.5 Å². The summed E-state index contributed by atoms with van der Waals surface area (Å²) in [6, 6.07) is 13.7. The zero-order valence-corrected chi connectivity index (χ0v) is 21.7. The van der Waals surface area contributed by atoms with Crippen molar-refractivity contribution < 1.29 is 24.1 Å². The number of aliphatic hydroxyl groups excluding tert-OH is 1. The third kappa shape index (κ3) is 9.78. The molecule has 8 nitrogen and oxygen atoms in total. The molecule has 1 amide bonds. The second kappa shape index (κ2) is 14.8. The molecule has 1 aliphatic heterocycles. The van der Waals surface area contributed by atoms with Gasteiger partial charge in [-0.05, 0) is 47.9 Å². The van der Waals surface area contributed by atoms with Crippen LogP contribution in [0.25, 0.3) is 0 Å². The van der Waals surface area contributed by atoms with Crippen LogP contribution in [0.2, 0.25) is 5.02 Å². The van der Waals surface area contributed by atoms with Gasteiger partial charge in [-0.25, -0.2) is 5.43 Å². The fraction of sp³-hybridized carbons (Fsp3) is 0.481. The lowest BCUT2D eigenvalue weighted by molar-refractivity contribution is -0.121. The van der Waals surface area contributed by atoms with E-state index in [4.69, 9.17) is 25.8 Å². The minimum Gasteiger partial charge on any atom is -0.492 e. The Morgan fingerprint density at radius 1 is 1.08 bits per heavy atom. The molecule has 1 aliphatic rings. The van der Waals surface area contributed by atoms with Gasteiger partial charge in [0.1, 0.15) is 24.2 Å². The monoisotopic (exact) mass is 517 g/mol. The Morgan fingerprint density at radius 2 is 1.89 bits per heavy atom. The highest BCUT2D eigenvalue weighted by Crippen LogP contribution is 2.27. The summed E-state index contributed by atoms with van der Waals surface area (Å²) >= 11 is 6.36. The lowest BCUT2D eigenvalue weighted by Crippen LogP contribution is -2.35. The van der Waals surface area contributed by atoms with Gasteiger partial charge in [0, 0.05) is 38.5 Å².